The molecule has 1 rings (SSSR count). The Kier molecular flexibility index (Phi) is 4.70. The molecule has 0 saturated carbocycles. The molecule has 2 nitrogen and oxygen atoms in total. The molecule has 0 bridgehead atoms. The van der Waals surface area contributed by atoms with Crippen molar-refractivity contribution in [1.82, 2.24) is 5.32 Å². The van der Waals surface area contributed by atoms with Gasteiger partial charge in [0, 0.05) is 14.1 Å². The Labute approximate surface area is 104 Å². The number of hydrogen-bond donors (Lipinski definition) is 1. The maximum atomic E-state index is 4.22. The van der Waals surface area contributed by atoms with E-state index in [0.717, 1.165) is 11.4 Å². The van der Waals surface area contributed by atoms with Crippen LogP contribution in [0.25, 0.3) is 5.57 Å². The molecule has 0 aliphatic heterocycles. The third kappa shape index (κ3) is 3.59. The Bertz CT molecular complexity index is 450. The van der Waals surface area contributed by atoms with E-state index >= 15 is 0 Å². The summed E-state index contributed by atoms with van der Waals surface area (Å²) in [4.78, 5) is 4.22. The lowest BCUT2D eigenvalue weighted by molar-refractivity contribution is 1.06. The van der Waals surface area contributed by atoms with Crippen molar-refractivity contribution < 1.29 is 0 Å². The number of aryl methyl sites for hydroxylation is 1. The lowest BCUT2D eigenvalue weighted by atomic mass is 10.0. The molecule has 0 unspecified atom stereocenters. The minimum Gasteiger partial charge on any atom is -0.387 e. The van der Waals surface area contributed by atoms with Gasteiger partial charge in [-0.3, -0.25) is 4.99 Å². The normalized spacial score (nSPS) is 12.5. The summed E-state index contributed by atoms with van der Waals surface area (Å²) in [6, 6.07) is 8.47. The van der Waals surface area contributed by atoms with Gasteiger partial charge >= 0.3 is 0 Å². The van der Waals surface area contributed by atoms with Gasteiger partial charge < -0.3 is 5.32 Å². The lowest BCUT2D eigenvalue weighted by Gasteiger charge is -2.07. The van der Waals surface area contributed by atoms with Crippen molar-refractivity contribution in [3.63, 3.8) is 0 Å². The van der Waals surface area contributed by atoms with E-state index in [1.165, 1.54) is 16.7 Å². The van der Waals surface area contributed by atoms with Crippen LogP contribution >= 0.6 is 0 Å². The molecule has 0 amide bonds. The fourth-order valence-corrected chi connectivity index (χ4v) is 1.52. The Hall–Kier alpha value is -1.83. The van der Waals surface area contributed by atoms with Crippen LogP contribution in [0.1, 0.15) is 18.1 Å². The van der Waals surface area contributed by atoms with Crippen molar-refractivity contribution in [2.75, 3.05) is 14.1 Å². The molecule has 1 N–H and O–H groups in total. The molecule has 0 spiro atoms. The highest BCUT2D eigenvalue weighted by atomic mass is 14.9. The molecule has 0 saturated heterocycles. The molecule has 0 radical (unpaired) electrons. The van der Waals surface area contributed by atoms with E-state index in [1.807, 2.05) is 13.1 Å². The molecule has 1 aromatic rings. The standard InChI is InChI=1S/C15H20N2/c1-11-6-8-14(9-7-11)12(2)10-15(17-5)13(3)16-4/h6-10,16H,3H2,1-2,4-5H3/b12-10+,17-15?. The largest absolute Gasteiger partial charge is 0.387 e. The van der Waals surface area contributed by atoms with Gasteiger partial charge in [-0.05, 0) is 31.1 Å². The van der Waals surface area contributed by atoms with Gasteiger partial charge in [0.1, 0.15) is 0 Å². The van der Waals surface area contributed by atoms with Gasteiger partial charge in [0.15, 0.2) is 0 Å². The highest BCUT2D eigenvalue weighted by molar-refractivity contribution is 6.11. The predicted octanol–water partition coefficient (Wildman–Crippen LogP) is 3.20. The predicted molar refractivity (Wildman–Crippen MR) is 76.4 cm³/mol. The summed E-state index contributed by atoms with van der Waals surface area (Å²) in [5, 5.41) is 3.01. The number of rotatable bonds is 4. The van der Waals surface area contributed by atoms with Crippen molar-refractivity contribution in [2.45, 2.75) is 13.8 Å². The van der Waals surface area contributed by atoms with E-state index in [2.05, 4.69) is 55.0 Å². The summed E-state index contributed by atoms with van der Waals surface area (Å²) < 4.78 is 0. The molecule has 0 aromatic heterocycles. The number of nitrogens with zero attached hydrogens (tertiary/aromatic N) is 1. The van der Waals surface area contributed by atoms with Crippen LogP contribution in [-0.2, 0) is 0 Å². The van der Waals surface area contributed by atoms with Gasteiger partial charge in [-0.25, -0.2) is 0 Å². The highest BCUT2D eigenvalue weighted by Crippen LogP contribution is 2.15. The third-order valence-electron chi connectivity index (χ3n) is 2.71. The van der Waals surface area contributed by atoms with Crippen LogP contribution < -0.4 is 5.32 Å². The summed E-state index contributed by atoms with van der Waals surface area (Å²) in [5.74, 6) is 0. The quantitative estimate of drug-likeness (QED) is 0.786. The first-order chi connectivity index (χ1) is 8.08. The van der Waals surface area contributed by atoms with E-state index < -0.39 is 0 Å². The fraction of sp³-hybridized carbons (Fsp3) is 0.267. The molecule has 0 atom stereocenters. The molecule has 0 heterocycles. The zero-order chi connectivity index (χ0) is 12.8. The van der Waals surface area contributed by atoms with E-state index in [0.29, 0.717) is 0 Å². The molecule has 2 heteroatoms. The smallest absolute Gasteiger partial charge is 0.0798 e. The minimum atomic E-state index is 0.832. The van der Waals surface area contributed by atoms with Crippen molar-refractivity contribution in [1.29, 1.82) is 0 Å². The van der Waals surface area contributed by atoms with Gasteiger partial charge in [0.25, 0.3) is 0 Å². The van der Waals surface area contributed by atoms with E-state index in [4.69, 9.17) is 0 Å². The summed E-state index contributed by atoms with van der Waals surface area (Å²) in [5.41, 5.74) is 5.37. The van der Waals surface area contributed by atoms with Crippen LogP contribution in [0.2, 0.25) is 0 Å². The van der Waals surface area contributed by atoms with E-state index in [1.54, 1.807) is 7.05 Å². The SMILES string of the molecule is C=C(NC)C(/C=C(\C)c1ccc(C)cc1)=NC. The van der Waals surface area contributed by atoms with Crippen LogP contribution in [-0.4, -0.2) is 19.8 Å². The lowest BCUT2D eigenvalue weighted by Crippen LogP contribution is -2.13. The third-order valence-corrected chi connectivity index (χ3v) is 2.71. The van der Waals surface area contributed by atoms with Gasteiger partial charge in [-0.2, -0.15) is 0 Å². The summed E-state index contributed by atoms with van der Waals surface area (Å²) in [6.45, 7) is 8.09. The molecule has 17 heavy (non-hydrogen) atoms. The van der Waals surface area contributed by atoms with Gasteiger partial charge in [-0.1, -0.05) is 36.4 Å². The molecular weight excluding hydrogens is 208 g/mol. The second-order valence-electron chi connectivity index (χ2n) is 4.03. The first kappa shape index (κ1) is 13.2. The van der Waals surface area contributed by atoms with Gasteiger partial charge in [0.2, 0.25) is 0 Å². The van der Waals surface area contributed by atoms with Gasteiger partial charge in [0.05, 0.1) is 11.4 Å². The summed E-state index contributed by atoms with van der Waals surface area (Å²) in [7, 11) is 3.62. The number of allylic oxidation sites excluding steroid dienone is 2. The Morgan fingerprint density at radius 2 is 1.88 bits per heavy atom. The first-order valence-electron chi connectivity index (χ1n) is 5.67. The molecule has 0 fully saturated rings. The second kappa shape index (κ2) is 6.04. The Morgan fingerprint density at radius 3 is 2.35 bits per heavy atom. The molecular formula is C15H20N2. The van der Waals surface area contributed by atoms with Crippen molar-refractivity contribution in [2.24, 2.45) is 4.99 Å². The van der Waals surface area contributed by atoms with Crippen LogP contribution in [0.3, 0.4) is 0 Å². The van der Waals surface area contributed by atoms with Crippen molar-refractivity contribution >= 4 is 11.3 Å². The van der Waals surface area contributed by atoms with Crippen molar-refractivity contribution in [3.8, 4) is 0 Å². The maximum Gasteiger partial charge on any atom is 0.0798 e. The van der Waals surface area contributed by atoms with Crippen LogP contribution in [0, 0.1) is 6.92 Å². The average molecular weight is 228 g/mol. The van der Waals surface area contributed by atoms with Crippen LogP contribution in [0.5, 0.6) is 0 Å². The maximum absolute atomic E-state index is 4.22. The average Bonchev–Trinajstić information content (AvgIpc) is 2.35. The van der Waals surface area contributed by atoms with E-state index in [-0.39, 0.29) is 0 Å². The minimum absolute atomic E-state index is 0.832. The number of benzene rings is 1. The van der Waals surface area contributed by atoms with E-state index in [9.17, 15) is 0 Å². The van der Waals surface area contributed by atoms with Crippen LogP contribution in [0.4, 0.5) is 0 Å². The molecule has 0 aliphatic carbocycles. The molecule has 90 valence electrons. The topological polar surface area (TPSA) is 24.4 Å². The number of nitrogens with one attached hydrogen (secondary N) is 1. The van der Waals surface area contributed by atoms with Crippen LogP contribution in [0.15, 0.2) is 47.6 Å². The Balaban J connectivity index is 2.99. The van der Waals surface area contributed by atoms with Gasteiger partial charge in [-0.15, -0.1) is 0 Å². The molecule has 1 aromatic carbocycles. The summed E-state index contributed by atoms with van der Waals surface area (Å²) in [6.07, 6.45) is 2.05. The fourth-order valence-electron chi connectivity index (χ4n) is 1.52. The number of aliphatic imine (C=N–C) groups is 1. The Morgan fingerprint density at radius 1 is 1.29 bits per heavy atom. The molecule has 0 aliphatic rings. The summed E-state index contributed by atoms with van der Waals surface area (Å²) >= 11 is 0. The first-order valence-corrected chi connectivity index (χ1v) is 5.67. The van der Waals surface area contributed by atoms with Crippen molar-refractivity contribution in [3.05, 3.63) is 53.7 Å². The highest BCUT2D eigenvalue weighted by Gasteiger charge is 2.01. The zero-order valence-corrected chi connectivity index (χ0v) is 11.0. The zero-order valence-electron chi connectivity index (χ0n) is 11.0. The monoisotopic (exact) mass is 228 g/mol. The second-order valence-corrected chi connectivity index (χ2v) is 4.03. The number of hydrogen-bond acceptors (Lipinski definition) is 2.